The molecule has 2 N–H and O–H groups in total. The van der Waals surface area contributed by atoms with Crippen LogP contribution in [-0.2, 0) is 6.54 Å². The number of piperazine rings is 1. The molecule has 8 heteroatoms. The van der Waals surface area contributed by atoms with Crippen molar-refractivity contribution in [2.75, 3.05) is 31.1 Å². The number of nitrogens with zero attached hydrogens (tertiary/aromatic N) is 3. The molecule has 3 heterocycles. The zero-order valence-corrected chi connectivity index (χ0v) is 21.9. The van der Waals surface area contributed by atoms with Gasteiger partial charge in [0.25, 0.3) is 0 Å². The van der Waals surface area contributed by atoms with Gasteiger partial charge in [0.05, 0.1) is 6.20 Å². The molecule has 5 aromatic rings. The standard InChI is InChI=1S/C31H27ClN4O3/c32-24-7-5-21(6-8-24)27-4-2-1-3-23(27)20-35-13-15-36(16-14-35)25-9-10-28(31(37)38)29(18-25)39-26-17-22-11-12-33-30(22)34-19-26/h1-12,17-19H,13-16,20H2,(H,33,34)(H,37,38). The lowest BCUT2D eigenvalue weighted by Gasteiger charge is -2.36. The number of anilines is 1. The van der Waals surface area contributed by atoms with E-state index >= 15 is 0 Å². The van der Waals surface area contributed by atoms with Crippen molar-refractivity contribution in [1.29, 1.82) is 0 Å². The number of halogens is 1. The van der Waals surface area contributed by atoms with Gasteiger partial charge in [-0.2, -0.15) is 0 Å². The summed E-state index contributed by atoms with van der Waals surface area (Å²) >= 11 is 6.10. The fourth-order valence-electron chi connectivity index (χ4n) is 5.05. The highest BCUT2D eigenvalue weighted by Gasteiger charge is 2.21. The van der Waals surface area contributed by atoms with Crippen LogP contribution in [0, 0.1) is 0 Å². The van der Waals surface area contributed by atoms with Gasteiger partial charge in [-0.15, -0.1) is 0 Å². The molecule has 0 amide bonds. The van der Waals surface area contributed by atoms with E-state index in [9.17, 15) is 9.90 Å². The third-order valence-corrected chi connectivity index (χ3v) is 7.35. The number of hydrogen-bond donors (Lipinski definition) is 2. The van der Waals surface area contributed by atoms with Crippen molar-refractivity contribution in [3.05, 3.63) is 107 Å². The van der Waals surface area contributed by atoms with E-state index in [4.69, 9.17) is 16.3 Å². The second kappa shape index (κ2) is 10.8. The van der Waals surface area contributed by atoms with E-state index in [1.807, 2.05) is 36.4 Å². The Morgan fingerprint density at radius 2 is 1.77 bits per heavy atom. The molecule has 6 rings (SSSR count). The predicted molar refractivity (Wildman–Crippen MR) is 154 cm³/mol. The van der Waals surface area contributed by atoms with Crippen molar-refractivity contribution in [2.45, 2.75) is 6.54 Å². The van der Waals surface area contributed by atoms with E-state index in [0.29, 0.717) is 11.5 Å². The minimum atomic E-state index is -1.03. The van der Waals surface area contributed by atoms with Gasteiger partial charge in [-0.25, -0.2) is 9.78 Å². The van der Waals surface area contributed by atoms with Gasteiger partial charge in [0, 0.05) is 61.1 Å². The highest BCUT2D eigenvalue weighted by Crippen LogP contribution is 2.32. The van der Waals surface area contributed by atoms with Crippen LogP contribution in [0.4, 0.5) is 5.69 Å². The van der Waals surface area contributed by atoms with Crippen LogP contribution < -0.4 is 9.64 Å². The number of hydrogen-bond acceptors (Lipinski definition) is 5. The van der Waals surface area contributed by atoms with Gasteiger partial charge in [-0.3, -0.25) is 4.90 Å². The molecule has 1 fully saturated rings. The third kappa shape index (κ3) is 5.46. The van der Waals surface area contributed by atoms with Crippen LogP contribution in [-0.4, -0.2) is 52.1 Å². The Bertz CT molecular complexity index is 1630. The number of carbonyl (C=O) groups is 1. The first kappa shape index (κ1) is 25.0. The van der Waals surface area contributed by atoms with Gasteiger partial charge < -0.3 is 19.7 Å². The summed E-state index contributed by atoms with van der Waals surface area (Å²) in [6.45, 7) is 4.28. The molecule has 0 bridgehead atoms. The van der Waals surface area contributed by atoms with Crippen molar-refractivity contribution < 1.29 is 14.6 Å². The Labute approximate surface area is 231 Å². The maximum atomic E-state index is 11.9. The number of rotatable bonds is 7. The fourth-order valence-corrected chi connectivity index (χ4v) is 5.17. The van der Waals surface area contributed by atoms with Gasteiger partial charge >= 0.3 is 5.97 Å². The minimum Gasteiger partial charge on any atom is -0.478 e. The molecule has 1 aliphatic heterocycles. The molecular formula is C31H27ClN4O3. The summed E-state index contributed by atoms with van der Waals surface area (Å²) in [6.07, 6.45) is 3.40. The van der Waals surface area contributed by atoms with E-state index in [0.717, 1.165) is 60.0 Å². The van der Waals surface area contributed by atoms with Crippen molar-refractivity contribution >= 4 is 34.3 Å². The predicted octanol–water partition coefficient (Wildman–Crippen LogP) is 6.70. The summed E-state index contributed by atoms with van der Waals surface area (Å²) in [5.74, 6) is -0.238. The molecule has 3 aromatic carbocycles. The summed E-state index contributed by atoms with van der Waals surface area (Å²) in [7, 11) is 0. The minimum absolute atomic E-state index is 0.116. The van der Waals surface area contributed by atoms with Crippen LogP contribution in [0.25, 0.3) is 22.2 Å². The lowest BCUT2D eigenvalue weighted by molar-refractivity contribution is 0.0694. The molecule has 39 heavy (non-hydrogen) atoms. The topological polar surface area (TPSA) is 81.7 Å². The Morgan fingerprint density at radius 1 is 0.974 bits per heavy atom. The van der Waals surface area contributed by atoms with Gasteiger partial charge in [0.15, 0.2) is 0 Å². The Balaban J connectivity index is 1.16. The highest BCUT2D eigenvalue weighted by atomic mass is 35.5. The summed E-state index contributed by atoms with van der Waals surface area (Å²) in [5.41, 5.74) is 5.46. The summed E-state index contributed by atoms with van der Waals surface area (Å²) < 4.78 is 6.04. The Kier molecular flexibility index (Phi) is 6.92. The average Bonchev–Trinajstić information content (AvgIpc) is 3.42. The molecule has 0 radical (unpaired) electrons. The molecule has 196 valence electrons. The summed E-state index contributed by atoms with van der Waals surface area (Å²) in [4.78, 5) is 24.0. The molecule has 1 aliphatic rings. The zero-order chi connectivity index (χ0) is 26.8. The van der Waals surface area contributed by atoms with E-state index in [1.54, 1.807) is 18.5 Å². The largest absolute Gasteiger partial charge is 0.478 e. The first-order valence-electron chi connectivity index (χ1n) is 12.8. The number of benzene rings is 3. The molecule has 0 atom stereocenters. The normalized spacial score (nSPS) is 14.0. The quantitative estimate of drug-likeness (QED) is 0.240. The van der Waals surface area contributed by atoms with Crippen LogP contribution in [0.15, 0.2) is 91.3 Å². The molecule has 1 saturated heterocycles. The van der Waals surface area contributed by atoms with Crippen molar-refractivity contribution in [2.24, 2.45) is 0 Å². The summed E-state index contributed by atoms with van der Waals surface area (Å²) in [5, 5.41) is 11.4. The third-order valence-electron chi connectivity index (χ3n) is 7.10. The van der Waals surface area contributed by atoms with Gasteiger partial charge in [0.1, 0.15) is 22.7 Å². The molecule has 0 unspecified atom stereocenters. The SMILES string of the molecule is O=C(O)c1ccc(N2CCN(Cc3ccccc3-c3ccc(Cl)cc3)CC2)cc1Oc1cnc2[nH]ccc2c1. The van der Waals surface area contributed by atoms with E-state index in [1.165, 1.54) is 11.1 Å². The molecule has 0 spiro atoms. The van der Waals surface area contributed by atoms with Crippen molar-refractivity contribution in [1.82, 2.24) is 14.9 Å². The van der Waals surface area contributed by atoms with Crippen LogP contribution in [0.5, 0.6) is 11.5 Å². The number of carboxylic acid groups (broad SMARTS) is 1. The zero-order valence-electron chi connectivity index (χ0n) is 21.2. The molecule has 2 aromatic heterocycles. The van der Waals surface area contributed by atoms with Crippen LogP contribution in [0.2, 0.25) is 5.02 Å². The van der Waals surface area contributed by atoms with E-state index in [-0.39, 0.29) is 5.56 Å². The number of ether oxygens (including phenoxy) is 1. The highest BCUT2D eigenvalue weighted by molar-refractivity contribution is 6.30. The second-order valence-corrected chi connectivity index (χ2v) is 10.0. The molecule has 0 aliphatic carbocycles. The first-order valence-corrected chi connectivity index (χ1v) is 13.2. The number of aromatic carboxylic acids is 1. The number of aromatic amines is 1. The van der Waals surface area contributed by atoms with Crippen molar-refractivity contribution in [3.63, 3.8) is 0 Å². The van der Waals surface area contributed by atoms with Gasteiger partial charge in [-0.1, -0.05) is 48.0 Å². The maximum Gasteiger partial charge on any atom is 0.339 e. The average molecular weight is 539 g/mol. The number of carboxylic acids is 1. The molecule has 0 saturated carbocycles. The number of pyridine rings is 1. The Morgan fingerprint density at radius 3 is 2.56 bits per heavy atom. The number of fused-ring (bicyclic) bond motifs is 1. The van der Waals surface area contributed by atoms with Crippen LogP contribution in [0.1, 0.15) is 15.9 Å². The second-order valence-electron chi connectivity index (χ2n) is 9.60. The number of aromatic nitrogens is 2. The Hall–Kier alpha value is -4.33. The maximum absolute atomic E-state index is 11.9. The van der Waals surface area contributed by atoms with Crippen LogP contribution in [0.3, 0.4) is 0 Å². The number of nitrogens with one attached hydrogen (secondary N) is 1. The first-order chi connectivity index (χ1) is 19.0. The smallest absolute Gasteiger partial charge is 0.339 e. The monoisotopic (exact) mass is 538 g/mol. The van der Waals surface area contributed by atoms with E-state index in [2.05, 4.69) is 56.2 Å². The number of H-pyrrole nitrogens is 1. The lowest BCUT2D eigenvalue weighted by atomic mass is 9.99. The summed E-state index contributed by atoms with van der Waals surface area (Å²) in [6, 6.07) is 25.5. The van der Waals surface area contributed by atoms with Crippen LogP contribution >= 0.6 is 11.6 Å². The lowest BCUT2D eigenvalue weighted by Crippen LogP contribution is -2.46. The van der Waals surface area contributed by atoms with Gasteiger partial charge in [0.2, 0.25) is 0 Å². The van der Waals surface area contributed by atoms with E-state index < -0.39 is 5.97 Å². The molecular weight excluding hydrogens is 512 g/mol. The fraction of sp³-hybridized carbons (Fsp3) is 0.161. The molecule has 7 nitrogen and oxygen atoms in total. The van der Waals surface area contributed by atoms with Gasteiger partial charge in [-0.05, 0) is 53.1 Å². The van der Waals surface area contributed by atoms with Crippen molar-refractivity contribution in [3.8, 4) is 22.6 Å².